The Morgan fingerprint density at radius 3 is 2.21 bits per heavy atom. The second-order valence-electron chi connectivity index (χ2n) is 6.74. The van der Waals surface area contributed by atoms with E-state index in [1.54, 1.807) is 7.05 Å². The monoisotopic (exact) mass is 400 g/mol. The number of carbonyl (C=O) groups is 4. The number of allylic oxidation sites excluding steroid dienone is 1. The number of nitrogens with one attached hydrogen (secondary N) is 3. The van der Waals surface area contributed by atoms with Gasteiger partial charge in [0.1, 0.15) is 0 Å². The Balaban J connectivity index is 0.000000516. The molecule has 0 radical (unpaired) electrons. The highest BCUT2D eigenvalue weighted by Gasteiger charge is 2.30. The minimum Gasteiger partial charge on any atom is -0.384 e. The van der Waals surface area contributed by atoms with Crippen LogP contribution < -0.4 is 21.7 Å². The van der Waals surface area contributed by atoms with Gasteiger partial charge in [0.15, 0.2) is 6.29 Å². The lowest BCUT2D eigenvalue weighted by Crippen LogP contribution is -2.28. The number of anilines is 1. The van der Waals surface area contributed by atoms with Gasteiger partial charge in [-0.3, -0.25) is 19.2 Å². The number of hydrogen-bond acceptors (Lipinski definition) is 5. The van der Waals surface area contributed by atoms with Crippen LogP contribution in [0.25, 0.3) is 0 Å². The highest BCUT2D eigenvalue weighted by Crippen LogP contribution is 2.38. The van der Waals surface area contributed by atoms with E-state index < -0.39 is 5.91 Å². The van der Waals surface area contributed by atoms with Gasteiger partial charge >= 0.3 is 0 Å². The van der Waals surface area contributed by atoms with E-state index in [0.29, 0.717) is 12.2 Å². The molecule has 2 rings (SSSR count). The summed E-state index contributed by atoms with van der Waals surface area (Å²) in [6.07, 6.45) is 3.05. The molecule has 5 N–H and O–H groups in total. The Kier molecular flexibility index (Phi) is 9.31. The van der Waals surface area contributed by atoms with E-state index in [2.05, 4.69) is 29.1 Å². The molecule has 1 saturated carbocycles. The quantitative estimate of drug-likeness (QED) is 0.408. The van der Waals surface area contributed by atoms with Crippen LogP contribution in [0, 0.1) is 5.92 Å². The number of benzene rings is 1. The summed E-state index contributed by atoms with van der Waals surface area (Å²) in [6, 6.07) is 7.72. The summed E-state index contributed by atoms with van der Waals surface area (Å²) in [5.41, 5.74) is 7.02. The van der Waals surface area contributed by atoms with Crippen molar-refractivity contribution in [2.75, 3.05) is 12.4 Å². The Morgan fingerprint density at radius 1 is 1.14 bits per heavy atom. The van der Waals surface area contributed by atoms with Gasteiger partial charge in [-0.1, -0.05) is 25.3 Å². The third-order valence-corrected chi connectivity index (χ3v) is 4.53. The highest BCUT2D eigenvalue weighted by atomic mass is 16.2. The third-order valence-electron chi connectivity index (χ3n) is 4.53. The van der Waals surface area contributed by atoms with Crippen molar-refractivity contribution < 1.29 is 19.2 Å². The lowest BCUT2D eigenvalue weighted by atomic mass is 9.96. The fourth-order valence-electron chi connectivity index (χ4n) is 2.98. The minimum absolute atomic E-state index is 0.0864. The Hall–Kier alpha value is -3.42. The zero-order chi connectivity index (χ0) is 22.0. The molecule has 1 aliphatic rings. The van der Waals surface area contributed by atoms with Crippen LogP contribution in [-0.2, 0) is 19.2 Å². The molecule has 0 aliphatic heterocycles. The largest absolute Gasteiger partial charge is 0.384 e. The van der Waals surface area contributed by atoms with Crippen LogP contribution in [0.2, 0.25) is 0 Å². The molecule has 0 bridgehead atoms. The first-order valence-electron chi connectivity index (χ1n) is 9.16. The molecule has 8 heteroatoms. The molecule has 1 aliphatic carbocycles. The van der Waals surface area contributed by atoms with E-state index in [1.165, 1.54) is 12.5 Å². The topological polar surface area (TPSA) is 130 Å². The van der Waals surface area contributed by atoms with E-state index in [-0.39, 0.29) is 29.1 Å². The smallest absolute Gasteiger partial charge is 0.264 e. The molecule has 8 nitrogen and oxygen atoms in total. The summed E-state index contributed by atoms with van der Waals surface area (Å²) >= 11 is 0. The van der Waals surface area contributed by atoms with Gasteiger partial charge in [0.2, 0.25) is 11.8 Å². The van der Waals surface area contributed by atoms with Gasteiger partial charge in [0, 0.05) is 25.6 Å². The number of rotatable bonds is 7. The van der Waals surface area contributed by atoms with Crippen LogP contribution in [-0.4, -0.2) is 31.1 Å². The van der Waals surface area contributed by atoms with E-state index in [9.17, 15) is 19.2 Å². The molecule has 0 saturated heterocycles. The molecule has 1 aromatic carbocycles. The molecule has 0 spiro atoms. The summed E-state index contributed by atoms with van der Waals surface area (Å²) in [7, 11) is 1.59. The van der Waals surface area contributed by atoms with Crippen molar-refractivity contribution in [1.82, 2.24) is 10.6 Å². The zero-order valence-electron chi connectivity index (χ0n) is 16.8. The summed E-state index contributed by atoms with van der Waals surface area (Å²) in [5, 5.41) is 7.75. The van der Waals surface area contributed by atoms with Crippen molar-refractivity contribution in [3.63, 3.8) is 0 Å². The van der Waals surface area contributed by atoms with Gasteiger partial charge in [-0.2, -0.15) is 0 Å². The average Bonchev–Trinajstić information content (AvgIpc) is 3.18. The van der Waals surface area contributed by atoms with Gasteiger partial charge < -0.3 is 21.7 Å². The van der Waals surface area contributed by atoms with Crippen molar-refractivity contribution in [1.29, 1.82) is 0 Å². The maximum Gasteiger partial charge on any atom is 0.264 e. The number of primary amides is 1. The average molecular weight is 400 g/mol. The fraction of sp³-hybridized carbons (Fsp3) is 0.333. The number of amides is 3. The Labute approximate surface area is 170 Å². The number of hydrogen-bond donors (Lipinski definition) is 4. The number of carbonyl (C=O) groups excluding carboxylic acids is 4. The van der Waals surface area contributed by atoms with Crippen molar-refractivity contribution in [3.8, 4) is 0 Å². The molecule has 2 atom stereocenters. The highest BCUT2D eigenvalue weighted by molar-refractivity contribution is 5.90. The molecule has 2 unspecified atom stereocenters. The first kappa shape index (κ1) is 23.6. The van der Waals surface area contributed by atoms with E-state index in [1.807, 2.05) is 24.3 Å². The first-order chi connectivity index (χ1) is 13.7. The SMILES string of the molecule is C=C(C=O)NC(=O)C1CCC(c2ccc(NC(C)=O)cc2)C1.C=C(NC)C(N)=O. The van der Waals surface area contributed by atoms with Crippen molar-refractivity contribution in [2.45, 2.75) is 32.1 Å². The van der Waals surface area contributed by atoms with Crippen LogP contribution in [0.4, 0.5) is 5.69 Å². The standard InChI is InChI=1S/C17H20N2O3.C4H8N2O/c1-11(10-20)18-17(22)15-4-3-14(9-15)13-5-7-16(8-6-13)19-12(2)21;1-3(6-2)4(5)7/h5-8,10,14-15H,1,3-4,9H2,2H3,(H,18,22)(H,19,21);6H,1H2,2H3,(H2,5,7). The molecule has 1 fully saturated rings. The summed E-state index contributed by atoms with van der Waals surface area (Å²) in [6.45, 7) is 8.22. The molecule has 156 valence electrons. The van der Waals surface area contributed by atoms with Gasteiger partial charge in [-0.25, -0.2) is 0 Å². The number of aldehydes is 1. The fourth-order valence-corrected chi connectivity index (χ4v) is 2.98. The van der Waals surface area contributed by atoms with Crippen LogP contribution in [0.3, 0.4) is 0 Å². The summed E-state index contributed by atoms with van der Waals surface area (Å²) in [4.78, 5) is 43.5. The number of likely N-dealkylation sites (N-methyl/N-ethyl adjacent to an activating group) is 1. The molecular weight excluding hydrogens is 372 g/mol. The van der Waals surface area contributed by atoms with Crippen molar-refractivity contribution in [3.05, 3.63) is 54.4 Å². The van der Waals surface area contributed by atoms with Crippen LogP contribution in [0.5, 0.6) is 0 Å². The maximum absolute atomic E-state index is 12.0. The van der Waals surface area contributed by atoms with Crippen LogP contribution >= 0.6 is 0 Å². The summed E-state index contributed by atoms with van der Waals surface area (Å²) < 4.78 is 0. The Bertz CT molecular complexity index is 786. The van der Waals surface area contributed by atoms with Crippen LogP contribution in [0.15, 0.2) is 48.8 Å². The zero-order valence-corrected chi connectivity index (χ0v) is 16.8. The lowest BCUT2D eigenvalue weighted by molar-refractivity contribution is -0.124. The summed E-state index contributed by atoms with van der Waals surface area (Å²) in [5.74, 6) is -0.499. The third kappa shape index (κ3) is 8.00. The number of nitrogens with two attached hydrogens (primary N) is 1. The molecule has 3 amide bonds. The van der Waals surface area contributed by atoms with E-state index in [0.717, 1.165) is 24.9 Å². The predicted octanol–water partition coefficient (Wildman–Crippen LogP) is 1.56. The second-order valence-corrected chi connectivity index (χ2v) is 6.74. The van der Waals surface area contributed by atoms with Crippen molar-refractivity contribution >= 4 is 29.7 Å². The van der Waals surface area contributed by atoms with Crippen molar-refractivity contribution in [2.24, 2.45) is 11.7 Å². The first-order valence-corrected chi connectivity index (χ1v) is 9.16. The lowest BCUT2D eigenvalue weighted by Gasteiger charge is -2.12. The van der Waals surface area contributed by atoms with Crippen LogP contribution in [0.1, 0.15) is 37.7 Å². The molecule has 29 heavy (non-hydrogen) atoms. The normalized spacial score (nSPS) is 17.2. The molecule has 0 aromatic heterocycles. The second kappa shape index (κ2) is 11.4. The van der Waals surface area contributed by atoms with Gasteiger partial charge in [0.25, 0.3) is 5.91 Å². The Morgan fingerprint density at radius 2 is 1.76 bits per heavy atom. The molecular formula is C21H28N4O4. The van der Waals surface area contributed by atoms with E-state index >= 15 is 0 Å². The van der Waals surface area contributed by atoms with Gasteiger partial charge in [-0.15, -0.1) is 0 Å². The molecule has 1 aromatic rings. The maximum atomic E-state index is 12.0. The minimum atomic E-state index is -0.512. The van der Waals surface area contributed by atoms with Gasteiger partial charge in [0.05, 0.1) is 11.4 Å². The predicted molar refractivity (Wildman–Crippen MR) is 112 cm³/mol. The van der Waals surface area contributed by atoms with Gasteiger partial charge in [-0.05, 0) is 42.9 Å². The molecule has 0 heterocycles. The van der Waals surface area contributed by atoms with E-state index in [4.69, 9.17) is 5.73 Å².